The summed E-state index contributed by atoms with van der Waals surface area (Å²) in [6, 6.07) is 0. The van der Waals surface area contributed by atoms with Gasteiger partial charge >= 0.3 is 0 Å². The number of aromatic nitrogens is 2. The van der Waals surface area contributed by atoms with Crippen LogP contribution >= 0.6 is 0 Å². The Kier molecular flexibility index (Phi) is 2.49. The SMILES string of the molecule is CC(C)C1(C(C)(C)C)C(=O)Nc2cncnc21. The van der Waals surface area contributed by atoms with E-state index in [1.54, 1.807) is 6.20 Å². The molecule has 0 saturated carbocycles. The summed E-state index contributed by atoms with van der Waals surface area (Å²) in [5, 5.41) is 2.91. The predicted molar refractivity (Wildman–Crippen MR) is 66.6 cm³/mol. The molecule has 1 aliphatic heterocycles. The van der Waals surface area contributed by atoms with E-state index in [0.717, 1.165) is 11.4 Å². The Morgan fingerprint density at radius 3 is 2.53 bits per heavy atom. The van der Waals surface area contributed by atoms with Crippen LogP contribution in [0.4, 0.5) is 5.69 Å². The maximum atomic E-state index is 12.5. The highest BCUT2D eigenvalue weighted by molar-refractivity contribution is 6.06. The number of hydrogen-bond acceptors (Lipinski definition) is 3. The van der Waals surface area contributed by atoms with Gasteiger partial charge in [0.15, 0.2) is 0 Å². The van der Waals surface area contributed by atoms with E-state index in [4.69, 9.17) is 0 Å². The van der Waals surface area contributed by atoms with Gasteiger partial charge in [0.25, 0.3) is 0 Å². The number of nitrogens with one attached hydrogen (secondary N) is 1. The Labute approximate surface area is 102 Å². The van der Waals surface area contributed by atoms with Crippen molar-refractivity contribution >= 4 is 11.6 Å². The van der Waals surface area contributed by atoms with E-state index in [2.05, 4.69) is 49.9 Å². The van der Waals surface area contributed by atoms with Crippen molar-refractivity contribution in [3.63, 3.8) is 0 Å². The van der Waals surface area contributed by atoms with Crippen LogP contribution in [0, 0.1) is 11.3 Å². The highest BCUT2D eigenvalue weighted by Gasteiger charge is 2.57. The zero-order valence-corrected chi connectivity index (χ0v) is 11.0. The van der Waals surface area contributed by atoms with E-state index in [1.165, 1.54) is 6.33 Å². The van der Waals surface area contributed by atoms with Gasteiger partial charge in [-0.15, -0.1) is 0 Å². The number of carbonyl (C=O) groups excluding carboxylic acids is 1. The van der Waals surface area contributed by atoms with Crippen LogP contribution in [-0.2, 0) is 10.2 Å². The van der Waals surface area contributed by atoms with Gasteiger partial charge in [-0.05, 0) is 11.3 Å². The molecule has 2 heterocycles. The molecule has 1 aromatic heterocycles. The van der Waals surface area contributed by atoms with E-state index in [1.807, 2.05) is 0 Å². The van der Waals surface area contributed by atoms with Gasteiger partial charge in [-0.3, -0.25) is 4.79 Å². The Morgan fingerprint density at radius 2 is 2.00 bits per heavy atom. The van der Waals surface area contributed by atoms with Crippen LogP contribution in [0.1, 0.15) is 40.3 Å². The first-order valence-corrected chi connectivity index (χ1v) is 5.93. The van der Waals surface area contributed by atoms with Gasteiger partial charge in [-0.1, -0.05) is 34.6 Å². The summed E-state index contributed by atoms with van der Waals surface area (Å²) in [4.78, 5) is 20.8. The fraction of sp³-hybridized carbons (Fsp3) is 0.615. The molecule has 92 valence electrons. The Morgan fingerprint density at radius 1 is 1.35 bits per heavy atom. The van der Waals surface area contributed by atoms with Crippen molar-refractivity contribution in [2.24, 2.45) is 11.3 Å². The molecule has 0 bridgehead atoms. The van der Waals surface area contributed by atoms with Gasteiger partial charge in [0.05, 0.1) is 17.6 Å². The first-order chi connectivity index (χ1) is 7.81. The zero-order chi connectivity index (χ0) is 12.8. The molecule has 0 aliphatic carbocycles. The minimum atomic E-state index is -0.578. The number of fused-ring (bicyclic) bond motifs is 1. The van der Waals surface area contributed by atoms with Crippen LogP contribution in [0.15, 0.2) is 12.5 Å². The highest BCUT2D eigenvalue weighted by atomic mass is 16.2. The summed E-state index contributed by atoms with van der Waals surface area (Å²) in [6.45, 7) is 10.4. The molecule has 0 fully saturated rings. The van der Waals surface area contributed by atoms with Gasteiger partial charge in [0.2, 0.25) is 5.91 Å². The maximum Gasteiger partial charge on any atom is 0.237 e. The van der Waals surface area contributed by atoms with E-state index in [9.17, 15) is 4.79 Å². The molecular formula is C13H19N3O. The van der Waals surface area contributed by atoms with Crippen molar-refractivity contribution in [2.45, 2.75) is 40.0 Å². The molecule has 0 saturated heterocycles. The number of hydrogen-bond donors (Lipinski definition) is 1. The predicted octanol–water partition coefficient (Wildman–Crippen LogP) is 2.37. The van der Waals surface area contributed by atoms with Gasteiger partial charge < -0.3 is 5.32 Å². The van der Waals surface area contributed by atoms with Crippen molar-refractivity contribution in [3.05, 3.63) is 18.2 Å². The van der Waals surface area contributed by atoms with Crippen LogP contribution in [0.25, 0.3) is 0 Å². The molecule has 1 unspecified atom stereocenters. The average molecular weight is 233 g/mol. The highest BCUT2D eigenvalue weighted by Crippen LogP contribution is 2.52. The second-order valence-corrected chi connectivity index (χ2v) is 5.95. The first-order valence-electron chi connectivity index (χ1n) is 5.93. The van der Waals surface area contributed by atoms with Gasteiger partial charge in [-0.2, -0.15) is 0 Å². The van der Waals surface area contributed by atoms with E-state index in [-0.39, 0.29) is 17.2 Å². The fourth-order valence-corrected chi connectivity index (χ4v) is 3.16. The normalized spacial score (nSPS) is 23.8. The summed E-state index contributed by atoms with van der Waals surface area (Å²) in [5.41, 5.74) is 0.817. The molecule has 1 N–H and O–H groups in total. The number of amides is 1. The third-order valence-corrected chi connectivity index (χ3v) is 3.74. The minimum absolute atomic E-state index is 0.0375. The average Bonchev–Trinajstić information content (AvgIpc) is 2.49. The zero-order valence-electron chi connectivity index (χ0n) is 11.0. The van der Waals surface area contributed by atoms with Gasteiger partial charge in [0.1, 0.15) is 11.7 Å². The van der Waals surface area contributed by atoms with Crippen LogP contribution in [0.5, 0.6) is 0 Å². The van der Waals surface area contributed by atoms with Crippen molar-refractivity contribution in [3.8, 4) is 0 Å². The van der Waals surface area contributed by atoms with Gasteiger partial charge in [0, 0.05) is 0 Å². The quantitative estimate of drug-likeness (QED) is 0.810. The third kappa shape index (κ3) is 1.39. The molecule has 4 heteroatoms. The first kappa shape index (κ1) is 12.0. The number of anilines is 1. The Bertz CT molecular complexity index is 462. The molecule has 1 amide bonds. The van der Waals surface area contributed by atoms with Crippen molar-refractivity contribution in [2.75, 3.05) is 5.32 Å². The lowest BCUT2D eigenvalue weighted by Crippen LogP contribution is -2.50. The van der Waals surface area contributed by atoms with Crippen molar-refractivity contribution in [1.29, 1.82) is 0 Å². The number of rotatable bonds is 1. The third-order valence-electron chi connectivity index (χ3n) is 3.74. The maximum absolute atomic E-state index is 12.5. The lowest BCUT2D eigenvalue weighted by molar-refractivity contribution is -0.127. The summed E-state index contributed by atoms with van der Waals surface area (Å²) < 4.78 is 0. The monoisotopic (exact) mass is 233 g/mol. The van der Waals surface area contributed by atoms with Crippen molar-refractivity contribution < 1.29 is 4.79 Å². The second-order valence-electron chi connectivity index (χ2n) is 5.95. The molecular weight excluding hydrogens is 214 g/mol. The van der Waals surface area contributed by atoms with Crippen molar-refractivity contribution in [1.82, 2.24) is 9.97 Å². The summed E-state index contributed by atoms with van der Waals surface area (Å²) in [5.74, 6) is 0.217. The molecule has 0 radical (unpaired) electrons. The lowest BCUT2D eigenvalue weighted by Gasteiger charge is -2.42. The molecule has 4 nitrogen and oxygen atoms in total. The largest absolute Gasteiger partial charge is 0.322 e. The molecule has 1 aliphatic rings. The molecule has 2 rings (SSSR count). The summed E-state index contributed by atoms with van der Waals surface area (Å²) in [7, 11) is 0. The molecule has 1 aromatic rings. The van der Waals surface area contributed by atoms with Crippen LogP contribution < -0.4 is 5.32 Å². The van der Waals surface area contributed by atoms with Gasteiger partial charge in [-0.25, -0.2) is 9.97 Å². The van der Waals surface area contributed by atoms with Crippen LogP contribution in [-0.4, -0.2) is 15.9 Å². The fourth-order valence-electron chi connectivity index (χ4n) is 3.16. The number of carbonyl (C=O) groups is 1. The van der Waals surface area contributed by atoms with E-state index in [0.29, 0.717) is 0 Å². The van der Waals surface area contributed by atoms with Crippen LogP contribution in [0.3, 0.4) is 0 Å². The second kappa shape index (κ2) is 3.52. The standard InChI is InChI=1S/C13H19N3O/c1-8(2)13(12(3,4)5)10-9(16-11(13)17)6-14-7-15-10/h6-8H,1-5H3,(H,16,17). The molecule has 0 spiro atoms. The Balaban J connectivity index is 2.74. The van der Waals surface area contributed by atoms with E-state index < -0.39 is 5.41 Å². The molecule has 17 heavy (non-hydrogen) atoms. The lowest BCUT2D eigenvalue weighted by atomic mass is 9.59. The molecule has 0 aromatic carbocycles. The topological polar surface area (TPSA) is 54.9 Å². The van der Waals surface area contributed by atoms with Crippen LogP contribution in [0.2, 0.25) is 0 Å². The summed E-state index contributed by atoms with van der Waals surface area (Å²) >= 11 is 0. The van der Waals surface area contributed by atoms with E-state index >= 15 is 0 Å². The Hall–Kier alpha value is -1.45. The molecule has 1 atom stereocenters. The smallest absolute Gasteiger partial charge is 0.237 e. The number of nitrogens with zero attached hydrogens (tertiary/aromatic N) is 2. The minimum Gasteiger partial charge on any atom is -0.322 e. The summed E-state index contributed by atoms with van der Waals surface area (Å²) in [6.07, 6.45) is 3.19.